The highest BCUT2D eigenvalue weighted by Gasteiger charge is 2.10. The molecule has 0 aliphatic carbocycles. The van der Waals surface area contributed by atoms with Gasteiger partial charge >= 0.3 is 0 Å². The zero-order chi connectivity index (χ0) is 24.0. The van der Waals surface area contributed by atoms with Crippen LogP contribution in [-0.2, 0) is 11.3 Å². The third-order valence-electron chi connectivity index (χ3n) is 6.92. The smallest absolute Gasteiger partial charge is 0.219 e. The van der Waals surface area contributed by atoms with E-state index in [9.17, 15) is 4.79 Å². The molecule has 0 aromatic heterocycles. The number of rotatable bonds is 22. The number of carbonyl (C=O) groups is 1. The Morgan fingerprint density at radius 3 is 1.79 bits per heavy atom. The van der Waals surface area contributed by atoms with Crippen LogP contribution >= 0.6 is 0 Å². The largest absolute Gasteiger partial charge is 0.356 e. The molecule has 0 aliphatic heterocycles. The van der Waals surface area contributed by atoms with E-state index in [1.165, 1.54) is 95.5 Å². The van der Waals surface area contributed by atoms with Crippen molar-refractivity contribution >= 4 is 5.91 Å². The van der Waals surface area contributed by atoms with E-state index in [1.807, 2.05) is 0 Å². The molecular formula is C30H54N2O. The van der Waals surface area contributed by atoms with Gasteiger partial charge in [-0.05, 0) is 32.4 Å². The fourth-order valence-corrected chi connectivity index (χ4v) is 4.41. The summed E-state index contributed by atoms with van der Waals surface area (Å²) in [5.41, 5.74) is 1.34. The summed E-state index contributed by atoms with van der Waals surface area (Å²) >= 11 is 0. The van der Waals surface area contributed by atoms with E-state index in [2.05, 4.69) is 61.4 Å². The number of amides is 1. The lowest BCUT2D eigenvalue weighted by Crippen LogP contribution is -2.33. The third-order valence-corrected chi connectivity index (χ3v) is 6.92. The van der Waals surface area contributed by atoms with Gasteiger partial charge in [-0.3, -0.25) is 9.69 Å². The molecule has 0 heterocycles. The van der Waals surface area contributed by atoms with Crippen LogP contribution in [0.25, 0.3) is 0 Å². The molecule has 1 aromatic carbocycles. The molecule has 1 rings (SSSR count). The second kappa shape index (κ2) is 21.2. The Balaban J connectivity index is 1.85. The molecule has 3 heteroatoms. The fraction of sp³-hybridized carbons (Fsp3) is 0.767. The molecule has 0 bridgehead atoms. The van der Waals surface area contributed by atoms with Crippen LogP contribution in [0, 0.1) is 0 Å². The highest BCUT2D eigenvalue weighted by Crippen LogP contribution is 2.14. The zero-order valence-corrected chi connectivity index (χ0v) is 22.3. The number of nitrogens with one attached hydrogen (secondary N) is 1. The Kier molecular flexibility index (Phi) is 19.1. The summed E-state index contributed by atoms with van der Waals surface area (Å²) in [5, 5.41) is 3.12. The van der Waals surface area contributed by atoms with E-state index in [4.69, 9.17) is 0 Å². The first kappa shape index (κ1) is 29.7. The monoisotopic (exact) mass is 458 g/mol. The van der Waals surface area contributed by atoms with Crippen molar-refractivity contribution in [3.63, 3.8) is 0 Å². The van der Waals surface area contributed by atoms with Crippen LogP contribution in [0.5, 0.6) is 0 Å². The number of unbranched alkanes of at least 4 members (excludes halogenated alkanes) is 14. The number of hydrogen-bond acceptors (Lipinski definition) is 2. The predicted molar refractivity (Wildman–Crippen MR) is 145 cm³/mol. The second-order valence-electron chi connectivity index (χ2n) is 10.1. The molecule has 1 atom stereocenters. The van der Waals surface area contributed by atoms with Gasteiger partial charge in [0.1, 0.15) is 0 Å². The normalized spacial score (nSPS) is 12.2. The molecular weight excluding hydrogens is 404 g/mol. The van der Waals surface area contributed by atoms with E-state index in [1.54, 1.807) is 0 Å². The van der Waals surface area contributed by atoms with Crippen molar-refractivity contribution in [1.29, 1.82) is 0 Å². The average molecular weight is 459 g/mol. The van der Waals surface area contributed by atoms with Crippen molar-refractivity contribution < 1.29 is 4.79 Å². The molecule has 0 aliphatic rings. The summed E-state index contributed by atoms with van der Waals surface area (Å²) in [4.78, 5) is 14.5. The number of carbonyl (C=O) groups excluding carboxylic acids is 1. The minimum Gasteiger partial charge on any atom is -0.356 e. The number of benzene rings is 1. The summed E-state index contributed by atoms with van der Waals surface area (Å²) in [5.74, 6) is 0.225. The maximum absolute atomic E-state index is 12.1. The molecule has 0 spiro atoms. The molecule has 190 valence electrons. The maximum atomic E-state index is 12.1. The maximum Gasteiger partial charge on any atom is 0.219 e. The van der Waals surface area contributed by atoms with Gasteiger partial charge < -0.3 is 5.32 Å². The molecule has 3 nitrogen and oxygen atoms in total. The van der Waals surface area contributed by atoms with Crippen molar-refractivity contribution in [2.24, 2.45) is 0 Å². The standard InChI is InChI=1S/C30H54N2O/c1-4-5-6-7-8-9-10-11-12-13-14-15-16-17-21-24-30(33)31-26-25-28(2)32(3)27-29-22-19-18-20-23-29/h18-20,22-23,28H,4-17,21,24-27H2,1-3H3,(H,31,33). The van der Waals surface area contributed by atoms with Crippen molar-refractivity contribution in [1.82, 2.24) is 10.2 Å². The second-order valence-corrected chi connectivity index (χ2v) is 10.1. The van der Waals surface area contributed by atoms with Crippen molar-refractivity contribution in [3.05, 3.63) is 35.9 Å². The van der Waals surface area contributed by atoms with Crippen molar-refractivity contribution in [2.45, 2.75) is 136 Å². The predicted octanol–water partition coefficient (Wildman–Crippen LogP) is 8.27. The van der Waals surface area contributed by atoms with Crippen LogP contribution in [0.4, 0.5) is 0 Å². The summed E-state index contributed by atoms with van der Waals surface area (Å²) in [7, 11) is 2.16. The van der Waals surface area contributed by atoms with Crippen LogP contribution in [0.3, 0.4) is 0 Å². The first-order valence-corrected chi connectivity index (χ1v) is 14.1. The lowest BCUT2D eigenvalue weighted by atomic mass is 10.0. The van der Waals surface area contributed by atoms with Crippen LogP contribution in [0.1, 0.15) is 129 Å². The molecule has 1 amide bonds. The molecule has 33 heavy (non-hydrogen) atoms. The Morgan fingerprint density at radius 1 is 0.788 bits per heavy atom. The van der Waals surface area contributed by atoms with Crippen molar-refractivity contribution in [3.8, 4) is 0 Å². The summed E-state index contributed by atoms with van der Waals surface area (Å²) in [6, 6.07) is 11.0. The number of nitrogens with zero attached hydrogens (tertiary/aromatic N) is 1. The Morgan fingerprint density at radius 2 is 1.27 bits per heavy atom. The van der Waals surface area contributed by atoms with Crippen LogP contribution < -0.4 is 5.32 Å². The van der Waals surface area contributed by atoms with Gasteiger partial charge in [0.05, 0.1) is 0 Å². The van der Waals surface area contributed by atoms with Gasteiger partial charge in [-0.1, -0.05) is 127 Å². The highest BCUT2D eigenvalue weighted by atomic mass is 16.1. The highest BCUT2D eigenvalue weighted by molar-refractivity contribution is 5.75. The van der Waals surface area contributed by atoms with E-state index >= 15 is 0 Å². The Hall–Kier alpha value is -1.35. The van der Waals surface area contributed by atoms with Gasteiger partial charge in [-0.2, -0.15) is 0 Å². The first-order chi connectivity index (χ1) is 16.1. The zero-order valence-electron chi connectivity index (χ0n) is 22.3. The van der Waals surface area contributed by atoms with Gasteiger partial charge in [0.2, 0.25) is 5.91 Å². The van der Waals surface area contributed by atoms with E-state index in [-0.39, 0.29) is 5.91 Å². The molecule has 1 aromatic rings. The van der Waals surface area contributed by atoms with Gasteiger partial charge in [-0.25, -0.2) is 0 Å². The van der Waals surface area contributed by atoms with Crippen LogP contribution in [0.2, 0.25) is 0 Å². The molecule has 0 saturated heterocycles. The third kappa shape index (κ3) is 17.7. The van der Waals surface area contributed by atoms with Crippen LogP contribution in [-0.4, -0.2) is 30.4 Å². The van der Waals surface area contributed by atoms with E-state index in [0.717, 1.165) is 25.9 Å². The minimum absolute atomic E-state index is 0.225. The SMILES string of the molecule is CCCCCCCCCCCCCCCCCC(=O)NCCC(C)N(C)Cc1ccccc1. The first-order valence-electron chi connectivity index (χ1n) is 14.1. The van der Waals surface area contributed by atoms with Crippen LogP contribution in [0.15, 0.2) is 30.3 Å². The molecule has 0 saturated carbocycles. The number of hydrogen-bond donors (Lipinski definition) is 1. The lowest BCUT2D eigenvalue weighted by molar-refractivity contribution is -0.121. The Bertz CT molecular complexity index is 560. The molecule has 0 fully saturated rings. The quantitative estimate of drug-likeness (QED) is 0.177. The summed E-state index contributed by atoms with van der Waals surface area (Å²) in [6.45, 7) is 6.25. The minimum atomic E-state index is 0.225. The van der Waals surface area contributed by atoms with E-state index in [0.29, 0.717) is 12.5 Å². The van der Waals surface area contributed by atoms with Gasteiger partial charge in [-0.15, -0.1) is 0 Å². The van der Waals surface area contributed by atoms with Gasteiger partial charge in [0.25, 0.3) is 0 Å². The topological polar surface area (TPSA) is 32.3 Å². The van der Waals surface area contributed by atoms with Crippen molar-refractivity contribution in [2.75, 3.05) is 13.6 Å². The summed E-state index contributed by atoms with van der Waals surface area (Å²) in [6.07, 6.45) is 22.1. The Labute approximate surface area is 206 Å². The molecule has 0 radical (unpaired) electrons. The molecule has 1 unspecified atom stereocenters. The lowest BCUT2D eigenvalue weighted by Gasteiger charge is -2.24. The van der Waals surface area contributed by atoms with E-state index < -0.39 is 0 Å². The van der Waals surface area contributed by atoms with Gasteiger partial charge in [0, 0.05) is 25.6 Å². The molecule has 1 N–H and O–H groups in total. The fourth-order valence-electron chi connectivity index (χ4n) is 4.41. The average Bonchev–Trinajstić information content (AvgIpc) is 2.82. The summed E-state index contributed by atoms with van der Waals surface area (Å²) < 4.78 is 0. The van der Waals surface area contributed by atoms with Gasteiger partial charge in [0.15, 0.2) is 0 Å².